The van der Waals surface area contributed by atoms with Gasteiger partial charge in [0.1, 0.15) is 6.04 Å². The van der Waals surface area contributed by atoms with Crippen molar-refractivity contribution in [3.63, 3.8) is 0 Å². The molecule has 0 saturated heterocycles. The summed E-state index contributed by atoms with van der Waals surface area (Å²) < 4.78 is 0. The Hall–Kier alpha value is -1.39. The maximum atomic E-state index is 12.3. The van der Waals surface area contributed by atoms with Crippen molar-refractivity contribution in [3.05, 3.63) is 35.4 Å². The van der Waals surface area contributed by atoms with Gasteiger partial charge in [-0.25, -0.2) is 0 Å². The van der Waals surface area contributed by atoms with Crippen LogP contribution in [0.1, 0.15) is 37.9 Å². The number of amides is 1. The molecule has 2 rings (SSSR count). The van der Waals surface area contributed by atoms with Crippen LogP contribution in [0.25, 0.3) is 0 Å². The molecule has 0 radical (unpaired) electrons. The lowest BCUT2D eigenvalue weighted by atomic mass is 9.93. The quantitative estimate of drug-likeness (QED) is 0.798. The number of hydroxylamine groups is 2. The minimum atomic E-state index is -0.603. The van der Waals surface area contributed by atoms with Gasteiger partial charge in [-0.05, 0) is 38.3 Å². The Bertz CT molecular complexity index is 451. The molecule has 1 aliphatic heterocycles. The van der Waals surface area contributed by atoms with Gasteiger partial charge in [-0.3, -0.25) is 4.79 Å². The Kier molecular flexibility index (Phi) is 3.41. The highest BCUT2D eigenvalue weighted by molar-refractivity contribution is 5.84. The first-order valence-electron chi connectivity index (χ1n) is 6.24. The number of hydrogen-bond donors (Lipinski definition) is 2. The van der Waals surface area contributed by atoms with Gasteiger partial charge in [0.05, 0.1) is 0 Å². The summed E-state index contributed by atoms with van der Waals surface area (Å²) in [4.78, 5) is 12.3. The second-order valence-electron chi connectivity index (χ2n) is 5.75. The molecule has 0 fully saturated rings. The first-order chi connectivity index (χ1) is 8.38. The number of fused-ring (bicyclic) bond motifs is 1. The fourth-order valence-corrected chi connectivity index (χ4v) is 2.27. The summed E-state index contributed by atoms with van der Waals surface area (Å²) in [6.07, 6.45) is 0.770. The van der Waals surface area contributed by atoms with Crippen LogP contribution >= 0.6 is 0 Å². The fraction of sp³-hybridized carbons (Fsp3) is 0.500. The van der Waals surface area contributed by atoms with Crippen molar-refractivity contribution in [1.82, 2.24) is 10.4 Å². The smallest absolute Gasteiger partial charge is 0.244 e. The molecule has 2 N–H and O–H groups in total. The largest absolute Gasteiger partial charge is 0.350 e. The van der Waals surface area contributed by atoms with E-state index < -0.39 is 6.04 Å². The number of benzene rings is 1. The van der Waals surface area contributed by atoms with Gasteiger partial charge < -0.3 is 10.5 Å². The van der Waals surface area contributed by atoms with Gasteiger partial charge in [-0.2, -0.15) is 5.06 Å². The first-order valence-corrected chi connectivity index (χ1v) is 6.24. The molecule has 1 heterocycles. The van der Waals surface area contributed by atoms with Crippen LogP contribution in [0.5, 0.6) is 0 Å². The van der Waals surface area contributed by atoms with Gasteiger partial charge in [0.15, 0.2) is 0 Å². The van der Waals surface area contributed by atoms with Gasteiger partial charge >= 0.3 is 0 Å². The Morgan fingerprint density at radius 1 is 1.39 bits per heavy atom. The molecule has 0 aromatic heterocycles. The minimum Gasteiger partial charge on any atom is -0.350 e. The molecule has 18 heavy (non-hydrogen) atoms. The third kappa shape index (κ3) is 2.71. The monoisotopic (exact) mass is 248 g/mol. The highest BCUT2D eigenvalue weighted by Crippen LogP contribution is 2.28. The van der Waals surface area contributed by atoms with Crippen LogP contribution in [0.3, 0.4) is 0 Å². The minimum absolute atomic E-state index is 0.155. The van der Waals surface area contributed by atoms with E-state index in [1.165, 1.54) is 0 Å². The van der Waals surface area contributed by atoms with Crippen LogP contribution < -0.4 is 5.32 Å². The molecule has 0 aliphatic carbocycles. The van der Waals surface area contributed by atoms with E-state index in [4.69, 9.17) is 0 Å². The lowest BCUT2D eigenvalue weighted by Crippen LogP contribution is -2.48. The van der Waals surface area contributed by atoms with Crippen molar-refractivity contribution in [1.29, 1.82) is 0 Å². The number of nitrogens with zero attached hydrogens (tertiary/aromatic N) is 1. The van der Waals surface area contributed by atoms with Crippen LogP contribution in [-0.2, 0) is 11.2 Å². The summed E-state index contributed by atoms with van der Waals surface area (Å²) in [7, 11) is 0. The third-order valence-electron chi connectivity index (χ3n) is 3.00. The second kappa shape index (κ2) is 4.71. The number of nitrogens with one attached hydrogen (secondary N) is 1. The first kappa shape index (κ1) is 13.1. The predicted molar refractivity (Wildman–Crippen MR) is 69.3 cm³/mol. The van der Waals surface area contributed by atoms with Crippen molar-refractivity contribution in [2.75, 3.05) is 6.54 Å². The molecule has 4 nitrogen and oxygen atoms in total. The van der Waals surface area contributed by atoms with E-state index in [1.807, 2.05) is 45.0 Å². The average Bonchev–Trinajstić information content (AvgIpc) is 2.26. The molecule has 1 aromatic carbocycles. The second-order valence-corrected chi connectivity index (χ2v) is 5.75. The number of rotatable bonds is 1. The van der Waals surface area contributed by atoms with Gasteiger partial charge in [0.2, 0.25) is 5.91 Å². The molecule has 0 saturated carbocycles. The van der Waals surface area contributed by atoms with Crippen LogP contribution in [-0.4, -0.2) is 28.3 Å². The van der Waals surface area contributed by atoms with Gasteiger partial charge in [0, 0.05) is 12.1 Å². The highest BCUT2D eigenvalue weighted by Gasteiger charge is 2.33. The lowest BCUT2D eigenvalue weighted by molar-refractivity contribution is -0.160. The van der Waals surface area contributed by atoms with Crippen molar-refractivity contribution in [2.45, 2.75) is 38.8 Å². The van der Waals surface area contributed by atoms with E-state index in [2.05, 4.69) is 5.32 Å². The van der Waals surface area contributed by atoms with Gasteiger partial charge in [-0.1, -0.05) is 24.3 Å². The van der Waals surface area contributed by atoms with E-state index in [-0.39, 0.29) is 11.4 Å². The number of carbonyl (C=O) groups excluding carboxylic acids is 1. The summed E-state index contributed by atoms with van der Waals surface area (Å²) in [6.45, 7) is 6.28. The molecular formula is C14H20N2O2. The molecule has 4 heteroatoms. The normalized spacial score (nSPS) is 20.3. The standard InChI is InChI=1S/C14H20N2O2/c1-14(2,3)15-13(17)12-11-7-5-4-6-10(11)8-9-16(12)18/h4-7,12,18H,8-9H2,1-3H3,(H,15,17). The molecule has 0 spiro atoms. The third-order valence-corrected chi connectivity index (χ3v) is 3.00. The topological polar surface area (TPSA) is 52.6 Å². The van der Waals surface area contributed by atoms with Crippen LogP contribution in [0.4, 0.5) is 0 Å². The zero-order valence-electron chi connectivity index (χ0n) is 11.1. The van der Waals surface area contributed by atoms with Crippen LogP contribution in [0.15, 0.2) is 24.3 Å². The van der Waals surface area contributed by atoms with Crippen molar-refractivity contribution in [3.8, 4) is 0 Å². The number of hydrogen-bond acceptors (Lipinski definition) is 3. The van der Waals surface area contributed by atoms with E-state index in [9.17, 15) is 10.0 Å². The molecule has 1 atom stereocenters. The number of carbonyl (C=O) groups is 1. The lowest BCUT2D eigenvalue weighted by Gasteiger charge is -2.33. The molecule has 1 aliphatic rings. The van der Waals surface area contributed by atoms with E-state index in [0.717, 1.165) is 22.6 Å². The maximum Gasteiger partial charge on any atom is 0.244 e. The summed E-state index contributed by atoms with van der Waals surface area (Å²) in [5.74, 6) is -0.155. The van der Waals surface area contributed by atoms with Crippen molar-refractivity contribution in [2.24, 2.45) is 0 Å². The molecule has 0 bridgehead atoms. The van der Waals surface area contributed by atoms with Crippen LogP contribution in [0.2, 0.25) is 0 Å². The summed E-state index contributed by atoms with van der Waals surface area (Å²) in [5.41, 5.74) is 1.73. The predicted octanol–water partition coefficient (Wildman–Crippen LogP) is 1.89. The fourth-order valence-electron chi connectivity index (χ4n) is 2.27. The van der Waals surface area contributed by atoms with E-state index in [0.29, 0.717) is 6.54 Å². The maximum absolute atomic E-state index is 12.3. The van der Waals surface area contributed by atoms with E-state index in [1.54, 1.807) is 0 Å². The zero-order valence-corrected chi connectivity index (χ0v) is 11.1. The van der Waals surface area contributed by atoms with Crippen molar-refractivity contribution < 1.29 is 10.0 Å². The molecule has 1 aromatic rings. The summed E-state index contributed by atoms with van der Waals surface area (Å²) >= 11 is 0. The van der Waals surface area contributed by atoms with Crippen LogP contribution in [0, 0.1) is 0 Å². The van der Waals surface area contributed by atoms with Gasteiger partial charge in [-0.15, -0.1) is 0 Å². The van der Waals surface area contributed by atoms with Crippen molar-refractivity contribution >= 4 is 5.91 Å². The van der Waals surface area contributed by atoms with Gasteiger partial charge in [0.25, 0.3) is 0 Å². The Labute approximate surface area is 108 Å². The summed E-state index contributed by atoms with van der Waals surface area (Å²) in [5, 5.41) is 14.0. The molecular weight excluding hydrogens is 228 g/mol. The molecule has 98 valence electrons. The molecule has 1 amide bonds. The zero-order chi connectivity index (χ0) is 13.3. The SMILES string of the molecule is CC(C)(C)NC(=O)C1c2ccccc2CCN1O. The van der Waals surface area contributed by atoms with E-state index >= 15 is 0 Å². The Balaban J connectivity index is 2.29. The Morgan fingerprint density at radius 3 is 2.72 bits per heavy atom. The average molecular weight is 248 g/mol. The summed E-state index contributed by atoms with van der Waals surface area (Å²) in [6, 6.07) is 7.18. The molecule has 1 unspecified atom stereocenters. The Morgan fingerprint density at radius 2 is 2.06 bits per heavy atom. The highest BCUT2D eigenvalue weighted by atomic mass is 16.5.